The van der Waals surface area contributed by atoms with Crippen LogP contribution in [0.3, 0.4) is 0 Å². The van der Waals surface area contributed by atoms with Crippen molar-refractivity contribution in [2.45, 2.75) is 18.9 Å². The molecule has 0 radical (unpaired) electrons. The molecule has 0 aliphatic carbocycles. The van der Waals surface area contributed by atoms with Crippen molar-refractivity contribution in [1.29, 1.82) is 0 Å². The number of carbonyl (C=O) groups is 1. The molecule has 5 nitrogen and oxygen atoms in total. The summed E-state index contributed by atoms with van der Waals surface area (Å²) in [7, 11) is 1.89. The van der Waals surface area contributed by atoms with Crippen LogP contribution in [0.4, 0.5) is 0 Å². The van der Waals surface area contributed by atoms with Gasteiger partial charge in [0, 0.05) is 13.6 Å². The number of fused-ring (bicyclic) bond motifs is 1. The van der Waals surface area contributed by atoms with Crippen molar-refractivity contribution in [3.8, 4) is 6.01 Å². The molecule has 2 aromatic rings. The zero-order chi connectivity index (χ0) is 12.5. The number of amides is 1. The molecular weight excluding hydrogens is 230 g/mol. The molecule has 1 aliphatic rings. The van der Waals surface area contributed by atoms with E-state index >= 15 is 0 Å². The molecule has 5 heteroatoms. The average molecular weight is 245 g/mol. The van der Waals surface area contributed by atoms with E-state index in [2.05, 4.69) is 10.3 Å². The first-order chi connectivity index (χ1) is 8.75. The summed E-state index contributed by atoms with van der Waals surface area (Å²) in [5, 5.41) is 2.80. The van der Waals surface area contributed by atoms with Gasteiger partial charge < -0.3 is 10.1 Å². The Morgan fingerprint density at radius 2 is 2.28 bits per heavy atom. The maximum Gasteiger partial charge on any atom is 0.297 e. The van der Waals surface area contributed by atoms with Gasteiger partial charge in [0.15, 0.2) is 6.10 Å². The molecule has 0 bridgehead atoms. The number of hydrogen-bond acceptors (Lipinski definition) is 3. The minimum atomic E-state index is -0.422. The van der Waals surface area contributed by atoms with Crippen molar-refractivity contribution in [2.75, 3.05) is 6.54 Å². The number of rotatable bonds is 2. The van der Waals surface area contributed by atoms with Crippen molar-refractivity contribution < 1.29 is 9.53 Å². The zero-order valence-corrected chi connectivity index (χ0v) is 10.2. The molecule has 1 fully saturated rings. The topological polar surface area (TPSA) is 56.1 Å². The molecule has 94 valence electrons. The second-order valence-corrected chi connectivity index (χ2v) is 4.48. The van der Waals surface area contributed by atoms with E-state index in [9.17, 15) is 4.79 Å². The van der Waals surface area contributed by atoms with Crippen molar-refractivity contribution >= 4 is 16.9 Å². The number of ether oxygens (including phenoxy) is 1. The molecule has 1 N–H and O–H groups in total. The predicted octanol–water partition coefficient (Wildman–Crippen LogP) is 1.23. The predicted molar refractivity (Wildman–Crippen MR) is 67.4 cm³/mol. The van der Waals surface area contributed by atoms with Crippen LogP contribution in [0.5, 0.6) is 6.01 Å². The summed E-state index contributed by atoms with van der Waals surface area (Å²) in [4.78, 5) is 16.1. The molecule has 3 rings (SSSR count). The van der Waals surface area contributed by atoms with Crippen LogP contribution < -0.4 is 10.1 Å². The van der Waals surface area contributed by atoms with Gasteiger partial charge in [-0.2, -0.15) is 4.98 Å². The maximum absolute atomic E-state index is 11.7. The first-order valence-corrected chi connectivity index (χ1v) is 6.11. The van der Waals surface area contributed by atoms with Crippen LogP contribution in [0, 0.1) is 0 Å². The standard InChI is InChI=1S/C13H15N3O2/c1-16-10-6-3-2-5-9(10)15-13(16)18-11-7-4-8-14-12(11)17/h2-3,5-6,11H,4,7-8H2,1H3,(H,14,17). The summed E-state index contributed by atoms with van der Waals surface area (Å²) in [6, 6.07) is 8.31. The molecule has 1 saturated heterocycles. The Balaban J connectivity index is 1.90. The highest BCUT2D eigenvalue weighted by molar-refractivity contribution is 5.82. The van der Waals surface area contributed by atoms with E-state index in [-0.39, 0.29) is 5.91 Å². The lowest BCUT2D eigenvalue weighted by molar-refractivity contribution is -0.130. The Morgan fingerprint density at radius 3 is 3.06 bits per heavy atom. The third-order valence-corrected chi connectivity index (χ3v) is 3.23. The molecule has 18 heavy (non-hydrogen) atoms. The van der Waals surface area contributed by atoms with E-state index in [4.69, 9.17) is 4.74 Å². The molecule has 1 aromatic carbocycles. The molecule has 1 unspecified atom stereocenters. The van der Waals surface area contributed by atoms with E-state index in [1.165, 1.54) is 0 Å². The molecule has 1 aliphatic heterocycles. The number of aryl methyl sites for hydroxylation is 1. The van der Waals surface area contributed by atoms with Crippen LogP contribution in [-0.4, -0.2) is 28.1 Å². The fraction of sp³-hybridized carbons (Fsp3) is 0.385. The van der Waals surface area contributed by atoms with Gasteiger partial charge in [-0.05, 0) is 25.0 Å². The van der Waals surface area contributed by atoms with Crippen molar-refractivity contribution in [3.63, 3.8) is 0 Å². The summed E-state index contributed by atoms with van der Waals surface area (Å²) in [6.45, 7) is 0.737. The largest absolute Gasteiger partial charge is 0.451 e. The number of piperidine rings is 1. The summed E-state index contributed by atoms with van der Waals surface area (Å²) < 4.78 is 7.60. The number of aromatic nitrogens is 2. The van der Waals surface area contributed by atoms with Crippen LogP contribution in [0.1, 0.15) is 12.8 Å². The van der Waals surface area contributed by atoms with E-state index in [1.54, 1.807) is 0 Å². The summed E-state index contributed by atoms with van der Waals surface area (Å²) in [6.07, 6.45) is 1.27. The fourth-order valence-corrected chi connectivity index (χ4v) is 2.21. The maximum atomic E-state index is 11.7. The number of nitrogens with one attached hydrogen (secondary N) is 1. The highest BCUT2D eigenvalue weighted by Crippen LogP contribution is 2.21. The average Bonchev–Trinajstić information content (AvgIpc) is 2.70. The van der Waals surface area contributed by atoms with Crippen LogP contribution >= 0.6 is 0 Å². The normalized spacial score (nSPS) is 19.8. The van der Waals surface area contributed by atoms with Gasteiger partial charge in [-0.3, -0.25) is 9.36 Å². The van der Waals surface area contributed by atoms with Crippen LogP contribution in [0.15, 0.2) is 24.3 Å². The Hall–Kier alpha value is -2.04. The van der Waals surface area contributed by atoms with Gasteiger partial charge in [0.25, 0.3) is 11.9 Å². The quantitative estimate of drug-likeness (QED) is 0.865. The molecule has 0 saturated carbocycles. The smallest absolute Gasteiger partial charge is 0.297 e. The molecule has 0 spiro atoms. The molecule has 1 aromatic heterocycles. The van der Waals surface area contributed by atoms with Gasteiger partial charge in [-0.15, -0.1) is 0 Å². The third kappa shape index (κ3) is 1.81. The van der Waals surface area contributed by atoms with Gasteiger partial charge in [0.1, 0.15) is 0 Å². The van der Waals surface area contributed by atoms with Crippen LogP contribution in [0.25, 0.3) is 11.0 Å². The molecule has 1 amide bonds. The number of benzene rings is 1. The minimum Gasteiger partial charge on any atom is -0.451 e. The van der Waals surface area contributed by atoms with Crippen molar-refractivity contribution in [2.24, 2.45) is 7.05 Å². The zero-order valence-electron chi connectivity index (χ0n) is 10.2. The van der Waals surface area contributed by atoms with Gasteiger partial charge in [0.2, 0.25) is 0 Å². The lowest BCUT2D eigenvalue weighted by Crippen LogP contribution is -2.43. The SMILES string of the molecule is Cn1c(OC2CCCNC2=O)nc2ccccc21. The summed E-state index contributed by atoms with van der Waals surface area (Å²) in [5.41, 5.74) is 1.88. The van der Waals surface area contributed by atoms with Gasteiger partial charge >= 0.3 is 0 Å². The number of para-hydroxylation sites is 2. The Morgan fingerprint density at radius 1 is 1.44 bits per heavy atom. The summed E-state index contributed by atoms with van der Waals surface area (Å²) >= 11 is 0. The van der Waals surface area contributed by atoms with E-state index in [0.717, 1.165) is 30.4 Å². The fourth-order valence-electron chi connectivity index (χ4n) is 2.21. The monoisotopic (exact) mass is 245 g/mol. The van der Waals surface area contributed by atoms with Crippen molar-refractivity contribution in [3.05, 3.63) is 24.3 Å². The van der Waals surface area contributed by atoms with Crippen LogP contribution in [0.2, 0.25) is 0 Å². The van der Waals surface area contributed by atoms with Crippen molar-refractivity contribution in [1.82, 2.24) is 14.9 Å². The van der Waals surface area contributed by atoms with E-state index in [1.807, 2.05) is 35.9 Å². The molecular formula is C13H15N3O2. The highest BCUT2D eigenvalue weighted by Gasteiger charge is 2.25. The highest BCUT2D eigenvalue weighted by atomic mass is 16.5. The van der Waals surface area contributed by atoms with Crippen LogP contribution in [-0.2, 0) is 11.8 Å². The van der Waals surface area contributed by atoms with Gasteiger partial charge in [-0.1, -0.05) is 12.1 Å². The third-order valence-electron chi connectivity index (χ3n) is 3.23. The number of imidazole rings is 1. The van der Waals surface area contributed by atoms with E-state index in [0.29, 0.717) is 6.01 Å². The minimum absolute atomic E-state index is 0.0479. The van der Waals surface area contributed by atoms with Gasteiger partial charge in [-0.25, -0.2) is 0 Å². The lowest BCUT2D eigenvalue weighted by Gasteiger charge is -2.22. The van der Waals surface area contributed by atoms with Gasteiger partial charge in [0.05, 0.1) is 11.0 Å². The number of carbonyl (C=O) groups excluding carboxylic acids is 1. The second kappa shape index (κ2) is 4.33. The lowest BCUT2D eigenvalue weighted by atomic mass is 10.1. The Labute approximate surface area is 105 Å². The first-order valence-electron chi connectivity index (χ1n) is 6.11. The molecule has 2 heterocycles. The Bertz CT molecular complexity index is 591. The Kier molecular flexibility index (Phi) is 2.66. The first kappa shape index (κ1) is 11.1. The number of nitrogens with zero attached hydrogens (tertiary/aromatic N) is 2. The van der Waals surface area contributed by atoms with E-state index < -0.39 is 6.10 Å². The summed E-state index contributed by atoms with van der Waals surface area (Å²) in [5.74, 6) is -0.0479. The number of hydrogen-bond donors (Lipinski definition) is 1. The second-order valence-electron chi connectivity index (χ2n) is 4.48. The molecule has 1 atom stereocenters.